The van der Waals surface area contributed by atoms with E-state index in [1.54, 1.807) is 0 Å². The maximum absolute atomic E-state index is 11.0. The van der Waals surface area contributed by atoms with Crippen LogP contribution in [0.3, 0.4) is 0 Å². The Balaban J connectivity index is 1.30. The maximum atomic E-state index is 11.0. The average molecular weight is 584 g/mol. The largest absolute Gasteiger partial charge is 0.308 e. The number of nitrogens with zero attached hydrogens (tertiary/aromatic N) is 5. The van der Waals surface area contributed by atoms with Gasteiger partial charge in [-0.3, -0.25) is 9.97 Å². The van der Waals surface area contributed by atoms with Crippen LogP contribution in [0, 0.1) is 11.3 Å². The lowest BCUT2D eigenvalue weighted by atomic mass is 9.97. The zero-order chi connectivity index (χ0) is 30.1. The molecule has 0 N–H and O–H groups in total. The summed E-state index contributed by atoms with van der Waals surface area (Å²) < 4.78 is 4.54. The zero-order valence-corrected chi connectivity index (χ0v) is 24.4. The molecule has 0 atom stereocenters. The van der Waals surface area contributed by atoms with Gasteiger partial charge in [0.1, 0.15) is 11.6 Å². The van der Waals surface area contributed by atoms with Gasteiger partial charge in [0.15, 0.2) is 0 Å². The minimum absolute atomic E-state index is 0.622. The minimum atomic E-state index is 0.622. The number of rotatable bonds is 2. The Morgan fingerprint density at radius 3 is 1.22 bits per heavy atom. The standard InChI is InChI=1S/C41H21N5/c42-22-29-30(45-32-16-1-8-23-25-12-6-20-43-40(25)27-10-3-18-34(45)38(27)36(23)32)14-5-15-31(29)46-33-17-2-9-24-26-13-7-21-44-41(26)28-11-4-19-35(46)39(28)37(24)33/h1-21H. The summed E-state index contributed by atoms with van der Waals surface area (Å²) in [5.41, 5.74) is 8.62. The monoisotopic (exact) mass is 583 g/mol. The molecule has 0 saturated heterocycles. The van der Waals surface area contributed by atoms with Crippen LogP contribution < -0.4 is 0 Å². The molecule has 0 bridgehead atoms. The molecule has 7 aromatic carbocycles. The number of hydrogen-bond donors (Lipinski definition) is 0. The van der Waals surface area contributed by atoms with Crippen LogP contribution in [0.15, 0.2) is 128 Å². The number of benzene rings is 7. The molecule has 5 heteroatoms. The van der Waals surface area contributed by atoms with Crippen LogP contribution in [0.5, 0.6) is 0 Å². The summed E-state index contributed by atoms with van der Waals surface area (Å²) in [5, 5.41) is 22.6. The van der Waals surface area contributed by atoms with Crippen LogP contribution in [0.4, 0.5) is 0 Å². The number of hydrogen-bond acceptors (Lipinski definition) is 3. The van der Waals surface area contributed by atoms with E-state index in [9.17, 15) is 5.26 Å². The predicted octanol–water partition coefficient (Wildman–Crippen LogP) is 10.0. The fourth-order valence-electron chi connectivity index (χ4n) is 8.27. The molecule has 0 aliphatic rings. The molecule has 46 heavy (non-hydrogen) atoms. The van der Waals surface area contributed by atoms with E-state index in [4.69, 9.17) is 9.97 Å². The van der Waals surface area contributed by atoms with E-state index in [0.29, 0.717) is 5.56 Å². The molecule has 0 spiro atoms. The van der Waals surface area contributed by atoms with Crippen molar-refractivity contribution in [3.05, 3.63) is 133 Å². The van der Waals surface area contributed by atoms with E-state index in [0.717, 1.165) is 66.0 Å². The van der Waals surface area contributed by atoms with Crippen LogP contribution in [0.25, 0.3) is 98.3 Å². The molecule has 210 valence electrons. The molecular weight excluding hydrogens is 562 g/mol. The first kappa shape index (κ1) is 23.9. The van der Waals surface area contributed by atoms with Gasteiger partial charge in [-0.2, -0.15) is 5.26 Å². The molecule has 0 amide bonds. The lowest BCUT2D eigenvalue weighted by molar-refractivity contribution is 1.12. The highest BCUT2D eigenvalue weighted by Crippen LogP contribution is 2.46. The van der Waals surface area contributed by atoms with Crippen molar-refractivity contribution in [2.75, 3.05) is 0 Å². The van der Waals surface area contributed by atoms with Gasteiger partial charge in [-0.1, -0.05) is 66.7 Å². The van der Waals surface area contributed by atoms with Gasteiger partial charge in [0.25, 0.3) is 0 Å². The van der Waals surface area contributed by atoms with E-state index in [2.05, 4.69) is 118 Å². The summed E-state index contributed by atoms with van der Waals surface area (Å²) in [7, 11) is 0. The quantitative estimate of drug-likeness (QED) is 0.190. The minimum Gasteiger partial charge on any atom is -0.308 e. The second kappa shape index (κ2) is 8.35. The van der Waals surface area contributed by atoms with Gasteiger partial charge < -0.3 is 9.13 Å². The first-order valence-corrected chi connectivity index (χ1v) is 15.4. The van der Waals surface area contributed by atoms with Gasteiger partial charge >= 0.3 is 0 Å². The van der Waals surface area contributed by atoms with E-state index in [-0.39, 0.29) is 0 Å². The van der Waals surface area contributed by atoms with Crippen LogP contribution >= 0.6 is 0 Å². The molecule has 0 radical (unpaired) electrons. The maximum Gasteiger partial charge on any atom is 0.104 e. The van der Waals surface area contributed by atoms with Crippen LogP contribution in [-0.4, -0.2) is 19.1 Å². The fourth-order valence-corrected chi connectivity index (χ4v) is 8.27. The summed E-state index contributed by atoms with van der Waals surface area (Å²) in [6.45, 7) is 0. The van der Waals surface area contributed by atoms with Crippen molar-refractivity contribution in [1.29, 1.82) is 5.26 Å². The topological polar surface area (TPSA) is 59.4 Å². The van der Waals surface area contributed by atoms with Crippen molar-refractivity contribution < 1.29 is 0 Å². The molecule has 4 heterocycles. The molecule has 5 nitrogen and oxygen atoms in total. The summed E-state index contributed by atoms with van der Waals surface area (Å²) in [6.07, 6.45) is 3.73. The molecule has 0 fully saturated rings. The summed E-state index contributed by atoms with van der Waals surface area (Å²) in [6, 6.07) is 43.0. The van der Waals surface area contributed by atoms with Gasteiger partial charge in [0.2, 0.25) is 0 Å². The molecule has 11 aromatic rings. The van der Waals surface area contributed by atoms with Gasteiger partial charge in [0.05, 0.1) is 44.5 Å². The highest BCUT2D eigenvalue weighted by molar-refractivity contribution is 6.35. The Labute approximate surface area is 261 Å². The SMILES string of the molecule is N#Cc1c(-n2c3cccc4c5cccnc5c5cccc2c5c43)cccc1-n1c2cccc3c4cccnc4c4cccc1c4c32. The predicted molar refractivity (Wildman–Crippen MR) is 188 cm³/mol. The first-order valence-electron chi connectivity index (χ1n) is 15.4. The van der Waals surface area contributed by atoms with E-state index in [1.165, 1.54) is 32.3 Å². The van der Waals surface area contributed by atoms with Gasteiger partial charge in [0, 0.05) is 55.5 Å². The third-order valence-electron chi connectivity index (χ3n) is 9.95. The molecule has 0 aliphatic heterocycles. The van der Waals surface area contributed by atoms with Crippen molar-refractivity contribution in [3.63, 3.8) is 0 Å². The molecule has 11 rings (SSSR count). The third kappa shape index (κ3) is 2.72. The summed E-state index contributed by atoms with van der Waals surface area (Å²) >= 11 is 0. The Kier molecular flexibility index (Phi) is 4.34. The number of aromatic nitrogens is 4. The van der Waals surface area contributed by atoms with Crippen LogP contribution in [0.2, 0.25) is 0 Å². The molecule has 0 saturated carbocycles. The summed E-state index contributed by atoms with van der Waals surface area (Å²) in [4.78, 5) is 9.63. The Hall–Kier alpha value is -6.51. The summed E-state index contributed by atoms with van der Waals surface area (Å²) in [5.74, 6) is 0. The lowest BCUT2D eigenvalue weighted by Crippen LogP contribution is -2.03. The third-order valence-corrected chi connectivity index (χ3v) is 9.95. The van der Waals surface area contributed by atoms with E-state index < -0.39 is 0 Å². The smallest absolute Gasteiger partial charge is 0.104 e. The van der Waals surface area contributed by atoms with Crippen molar-refractivity contribution in [3.8, 4) is 17.4 Å². The first-order chi connectivity index (χ1) is 22.8. The van der Waals surface area contributed by atoms with Crippen molar-refractivity contribution in [2.45, 2.75) is 0 Å². The van der Waals surface area contributed by atoms with Crippen molar-refractivity contribution in [2.24, 2.45) is 0 Å². The number of fused-ring (bicyclic) bond motifs is 6. The molecule has 0 aliphatic carbocycles. The average Bonchev–Trinajstić information content (AvgIpc) is 3.64. The van der Waals surface area contributed by atoms with Crippen molar-refractivity contribution in [1.82, 2.24) is 19.1 Å². The lowest BCUT2D eigenvalue weighted by Gasteiger charge is -2.15. The van der Waals surface area contributed by atoms with Gasteiger partial charge in [-0.15, -0.1) is 0 Å². The van der Waals surface area contributed by atoms with E-state index >= 15 is 0 Å². The fraction of sp³-hybridized carbons (Fsp3) is 0. The molecular formula is C41H21N5. The molecule has 0 unspecified atom stereocenters. The number of nitriles is 1. The molecule has 4 aromatic heterocycles. The Morgan fingerprint density at radius 2 is 0.783 bits per heavy atom. The van der Waals surface area contributed by atoms with E-state index in [1.807, 2.05) is 24.5 Å². The number of pyridine rings is 2. The van der Waals surface area contributed by atoms with Crippen molar-refractivity contribution >= 4 is 87.0 Å². The Bertz CT molecular complexity index is 2720. The Morgan fingerprint density at radius 1 is 0.413 bits per heavy atom. The normalized spacial score (nSPS) is 12.3. The van der Waals surface area contributed by atoms with Crippen LogP contribution in [-0.2, 0) is 0 Å². The zero-order valence-electron chi connectivity index (χ0n) is 24.4. The second-order valence-corrected chi connectivity index (χ2v) is 12.1. The highest BCUT2D eigenvalue weighted by Gasteiger charge is 2.25. The highest BCUT2D eigenvalue weighted by atomic mass is 15.0. The van der Waals surface area contributed by atoms with Gasteiger partial charge in [-0.05, 0) is 59.3 Å². The second-order valence-electron chi connectivity index (χ2n) is 12.1. The van der Waals surface area contributed by atoms with Gasteiger partial charge in [-0.25, -0.2) is 0 Å². The van der Waals surface area contributed by atoms with Crippen LogP contribution in [0.1, 0.15) is 5.56 Å².